The Morgan fingerprint density at radius 2 is 1.97 bits per heavy atom. The topological polar surface area (TPSA) is 144 Å². The summed E-state index contributed by atoms with van der Waals surface area (Å²) in [7, 11) is 0. The molecule has 0 saturated carbocycles. The number of benzene rings is 1. The molecule has 1 saturated heterocycles. The molecule has 3 rings (SSSR count). The summed E-state index contributed by atoms with van der Waals surface area (Å²) in [5.74, 6) is 5.99. The maximum absolute atomic E-state index is 6.14. The lowest BCUT2D eigenvalue weighted by Gasteiger charge is -2.33. The fourth-order valence-corrected chi connectivity index (χ4v) is 4.09. The van der Waals surface area contributed by atoms with Crippen molar-refractivity contribution in [1.82, 2.24) is 20.6 Å². The Labute approximate surface area is 190 Å². The molecule has 0 bridgehead atoms. The Bertz CT molecular complexity index is 969. The largest absolute Gasteiger partial charge is 0.403 e. The van der Waals surface area contributed by atoms with Crippen molar-refractivity contribution >= 4 is 5.82 Å². The molecule has 0 radical (unpaired) electrons. The molecule has 1 aliphatic heterocycles. The molecule has 1 aliphatic rings. The number of nitrogens with one attached hydrogen (secondary N) is 2. The average molecular weight is 435 g/mol. The highest BCUT2D eigenvalue weighted by atomic mass is 15.2. The first-order chi connectivity index (χ1) is 15.5. The van der Waals surface area contributed by atoms with Gasteiger partial charge in [0.25, 0.3) is 0 Å². The first-order valence-corrected chi connectivity index (χ1v) is 10.8. The van der Waals surface area contributed by atoms with Gasteiger partial charge >= 0.3 is 0 Å². The maximum Gasteiger partial charge on any atom is 0.128 e. The van der Waals surface area contributed by atoms with Gasteiger partial charge in [-0.1, -0.05) is 49.6 Å². The van der Waals surface area contributed by atoms with E-state index in [-0.39, 0.29) is 12.1 Å². The number of pyridine rings is 1. The molecule has 1 aromatic carbocycles. The smallest absolute Gasteiger partial charge is 0.128 e. The molecule has 8 nitrogen and oxygen atoms in total. The van der Waals surface area contributed by atoms with Crippen LogP contribution in [-0.4, -0.2) is 22.5 Å². The summed E-state index contributed by atoms with van der Waals surface area (Å²) in [4.78, 5) is 6.90. The van der Waals surface area contributed by atoms with Crippen LogP contribution in [0.2, 0.25) is 0 Å². The monoisotopic (exact) mass is 434 g/mol. The van der Waals surface area contributed by atoms with Crippen LogP contribution >= 0.6 is 0 Å². The van der Waals surface area contributed by atoms with Crippen molar-refractivity contribution in [2.75, 3.05) is 12.3 Å². The van der Waals surface area contributed by atoms with Crippen molar-refractivity contribution in [3.05, 3.63) is 95.7 Å². The second-order valence-corrected chi connectivity index (χ2v) is 7.93. The van der Waals surface area contributed by atoms with Gasteiger partial charge in [0.2, 0.25) is 0 Å². The zero-order valence-electron chi connectivity index (χ0n) is 18.4. The SMILES string of the molecule is C=C(NC(c1ccccc1)c1ccc(CN)c(N)n1)C1CCCN1C(=C)C/C(=C/N)NN. The second-order valence-electron chi connectivity index (χ2n) is 7.93. The van der Waals surface area contributed by atoms with Gasteiger partial charge < -0.3 is 32.8 Å². The van der Waals surface area contributed by atoms with E-state index in [1.165, 1.54) is 6.20 Å². The van der Waals surface area contributed by atoms with E-state index in [0.717, 1.165) is 53.3 Å². The van der Waals surface area contributed by atoms with Crippen LogP contribution in [0.3, 0.4) is 0 Å². The van der Waals surface area contributed by atoms with Gasteiger partial charge in [0, 0.05) is 48.4 Å². The van der Waals surface area contributed by atoms with E-state index < -0.39 is 0 Å². The molecule has 0 aliphatic carbocycles. The van der Waals surface area contributed by atoms with Crippen LogP contribution in [-0.2, 0) is 6.54 Å². The van der Waals surface area contributed by atoms with Crippen LogP contribution in [0.25, 0.3) is 0 Å². The lowest BCUT2D eigenvalue weighted by Crippen LogP contribution is -2.37. The number of hydrogen-bond acceptors (Lipinski definition) is 8. The highest BCUT2D eigenvalue weighted by molar-refractivity contribution is 5.42. The van der Waals surface area contributed by atoms with Crippen molar-refractivity contribution < 1.29 is 0 Å². The van der Waals surface area contributed by atoms with Crippen LogP contribution in [0.1, 0.15) is 42.1 Å². The lowest BCUT2D eigenvalue weighted by molar-refractivity contribution is 0.333. The molecule has 0 amide bonds. The summed E-state index contributed by atoms with van der Waals surface area (Å²) in [5.41, 5.74) is 25.4. The van der Waals surface area contributed by atoms with Crippen molar-refractivity contribution in [3.63, 3.8) is 0 Å². The number of hydrazine groups is 1. The number of nitrogen functional groups attached to an aromatic ring is 1. The Morgan fingerprint density at radius 3 is 2.59 bits per heavy atom. The van der Waals surface area contributed by atoms with Crippen molar-refractivity contribution in [2.45, 2.75) is 37.9 Å². The highest BCUT2D eigenvalue weighted by Crippen LogP contribution is 2.30. The van der Waals surface area contributed by atoms with Crippen LogP contribution in [0.15, 0.2) is 78.9 Å². The number of likely N-dealkylation sites (tertiary alicyclic amines) is 1. The van der Waals surface area contributed by atoms with Gasteiger partial charge in [-0.15, -0.1) is 0 Å². The van der Waals surface area contributed by atoms with Crippen molar-refractivity contribution in [2.24, 2.45) is 17.3 Å². The minimum Gasteiger partial charge on any atom is -0.403 e. The van der Waals surface area contributed by atoms with Crippen LogP contribution < -0.4 is 33.8 Å². The minimum atomic E-state index is -0.196. The number of hydrogen-bond donors (Lipinski definition) is 6. The van der Waals surface area contributed by atoms with Crippen molar-refractivity contribution in [1.29, 1.82) is 0 Å². The zero-order valence-corrected chi connectivity index (χ0v) is 18.4. The van der Waals surface area contributed by atoms with E-state index in [1.54, 1.807) is 0 Å². The van der Waals surface area contributed by atoms with E-state index >= 15 is 0 Å². The first-order valence-electron chi connectivity index (χ1n) is 10.8. The molecule has 32 heavy (non-hydrogen) atoms. The quantitative estimate of drug-likeness (QED) is 0.246. The molecule has 2 unspecified atom stereocenters. The number of aromatic nitrogens is 1. The third-order valence-electron chi connectivity index (χ3n) is 5.85. The third-order valence-corrected chi connectivity index (χ3v) is 5.85. The summed E-state index contributed by atoms with van der Waals surface area (Å²) in [6, 6.07) is 13.9. The second kappa shape index (κ2) is 10.7. The summed E-state index contributed by atoms with van der Waals surface area (Å²) in [6.45, 7) is 9.89. The van der Waals surface area contributed by atoms with E-state index in [4.69, 9.17) is 23.0 Å². The maximum atomic E-state index is 6.14. The predicted octanol–water partition coefficient (Wildman–Crippen LogP) is 1.95. The van der Waals surface area contributed by atoms with Gasteiger partial charge in [-0.3, -0.25) is 5.84 Å². The molecule has 0 spiro atoms. The molecule has 170 valence electrons. The molecule has 1 aromatic heterocycles. The molecule has 2 aromatic rings. The number of anilines is 1. The highest BCUT2D eigenvalue weighted by Gasteiger charge is 2.30. The Morgan fingerprint density at radius 1 is 1.22 bits per heavy atom. The molecule has 10 N–H and O–H groups in total. The van der Waals surface area contributed by atoms with Gasteiger partial charge in [-0.25, -0.2) is 4.98 Å². The third kappa shape index (κ3) is 5.22. The summed E-state index contributed by atoms with van der Waals surface area (Å²) < 4.78 is 0. The lowest BCUT2D eigenvalue weighted by atomic mass is 10.0. The van der Waals surface area contributed by atoms with Gasteiger partial charge in [0.15, 0.2) is 0 Å². The summed E-state index contributed by atoms with van der Waals surface area (Å²) in [5, 5.41) is 3.62. The fourth-order valence-electron chi connectivity index (χ4n) is 4.09. The Kier molecular flexibility index (Phi) is 7.75. The summed E-state index contributed by atoms with van der Waals surface area (Å²) in [6.07, 6.45) is 4.05. The Hall–Kier alpha value is -3.49. The number of nitrogens with two attached hydrogens (primary N) is 4. The van der Waals surface area contributed by atoms with Crippen LogP contribution in [0, 0.1) is 0 Å². The minimum absolute atomic E-state index is 0.103. The van der Waals surface area contributed by atoms with Gasteiger partial charge in [-0.2, -0.15) is 0 Å². The zero-order chi connectivity index (χ0) is 23.1. The normalized spacial score (nSPS) is 17.1. The van der Waals surface area contributed by atoms with Crippen LogP contribution in [0.4, 0.5) is 5.82 Å². The standard InChI is InChI=1S/C24H34N8/c1-16(13-20(15-26)31-28)32-12-6-9-22(32)17(2)29-23(18-7-4-3-5-8-18)21-11-10-19(14-25)24(27)30-21/h3-5,7-8,10-11,15,22-23,29,31H,1-2,6,9,12-14,25-26,28H2,(H2,27,30)/b20-15-. The van der Waals surface area contributed by atoms with E-state index in [0.29, 0.717) is 18.8 Å². The first kappa shape index (κ1) is 23.2. The molecular formula is C24H34N8. The summed E-state index contributed by atoms with van der Waals surface area (Å²) >= 11 is 0. The van der Waals surface area contributed by atoms with Gasteiger partial charge in [0.05, 0.1) is 17.8 Å². The van der Waals surface area contributed by atoms with Crippen molar-refractivity contribution in [3.8, 4) is 0 Å². The van der Waals surface area contributed by atoms with E-state index in [1.807, 2.05) is 30.3 Å². The van der Waals surface area contributed by atoms with E-state index in [9.17, 15) is 0 Å². The average Bonchev–Trinajstić information content (AvgIpc) is 3.31. The Balaban J connectivity index is 1.83. The van der Waals surface area contributed by atoms with Crippen LogP contribution in [0.5, 0.6) is 0 Å². The van der Waals surface area contributed by atoms with Gasteiger partial charge in [0.1, 0.15) is 5.82 Å². The van der Waals surface area contributed by atoms with E-state index in [2.05, 4.69) is 45.9 Å². The van der Waals surface area contributed by atoms with Gasteiger partial charge in [-0.05, 0) is 24.5 Å². The number of rotatable bonds is 10. The molecule has 2 heterocycles. The fraction of sp³-hybridized carbons (Fsp3) is 0.292. The predicted molar refractivity (Wildman–Crippen MR) is 130 cm³/mol. The molecule has 8 heteroatoms. The molecule has 1 fully saturated rings. The molecular weight excluding hydrogens is 400 g/mol. The number of nitrogens with zero attached hydrogens (tertiary/aromatic N) is 2. The molecule has 2 atom stereocenters.